The van der Waals surface area contributed by atoms with Gasteiger partial charge >= 0.3 is 0 Å². The van der Waals surface area contributed by atoms with Crippen LogP contribution in [0.5, 0.6) is 5.75 Å². The largest absolute Gasteiger partial charge is 0.489 e. The number of halogens is 2. The minimum Gasteiger partial charge on any atom is -0.489 e. The van der Waals surface area contributed by atoms with E-state index in [4.69, 9.17) is 10.5 Å². The predicted octanol–water partition coefficient (Wildman–Crippen LogP) is 3.95. The molecule has 0 radical (unpaired) electrons. The van der Waals surface area contributed by atoms with Gasteiger partial charge in [-0.05, 0) is 36.2 Å². The molecule has 0 saturated carbocycles. The quantitative estimate of drug-likeness (QED) is 0.898. The number of ether oxygens (including phenoxy) is 1. The Bertz CT molecular complexity index is 549. The van der Waals surface area contributed by atoms with Crippen molar-refractivity contribution in [3.8, 4) is 5.75 Å². The first-order chi connectivity index (χ1) is 9.61. The molecule has 2 rings (SSSR count). The van der Waals surface area contributed by atoms with Crippen LogP contribution in [0.25, 0.3) is 0 Å². The normalized spacial score (nSPS) is 12.2. The highest BCUT2D eigenvalue weighted by Crippen LogP contribution is 2.20. The van der Waals surface area contributed by atoms with E-state index in [0.717, 1.165) is 12.0 Å². The molecular weight excluding hydrogens is 260 g/mol. The first-order valence-electron chi connectivity index (χ1n) is 6.53. The molecule has 0 spiro atoms. The Kier molecular flexibility index (Phi) is 4.69. The van der Waals surface area contributed by atoms with Gasteiger partial charge in [0.2, 0.25) is 0 Å². The van der Waals surface area contributed by atoms with E-state index in [0.29, 0.717) is 5.75 Å². The van der Waals surface area contributed by atoms with Crippen molar-refractivity contribution in [3.63, 3.8) is 0 Å². The Labute approximate surface area is 117 Å². The van der Waals surface area contributed by atoms with Crippen LogP contribution in [0.2, 0.25) is 0 Å². The highest BCUT2D eigenvalue weighted by molar-refractivity contribution is 5.29. The van der Waals surface area contributed by atoms with Gasteiger partial charge in [0.1, 0.15) is 24.0 Å². The molecule has 20 heavy (non-hydrogen) atoms. The summed E-state index contributed by atoms with van der Waals surface area (Å²) in [5, 5.41) is 0. The standard InChI is InChI=1S/C16H17F2NO/c1-2-16(19)11-6-8-12(9-7-11)20-10-13-14(17)4-3-5-15(13)18/h3-9,16H,2,10,19H2,1H3/t16-/m1/s1. The van der Waals surface area contributed by atoms with E-state index >= 15 is 0 Å². The SMILES string of the molecule is CC[C@@H](N)c1ccc(OCc2c(F)cccc2F)cc1. The first-order valence-corrected chi connectivity index (χ1v) is 6.53. The maximum Gasteiger partial charge on any atom is 0.132 e. The van der Waals surface area contributed by atoms with Crippen molar-refractivity contribution in [2.45, 2.75) is 26.0 Å². The Morgan fingerprint density at radius 3 is 2.20 bits per heavy atom. The molecule has 0 aliphatic heterocycles. The van der Waals surface area contributed by atoms with Crippen molar-refractivity contribution in [2.75, 3.05) is 0 Å². The zero-order valence-corrected chi connectivity index (χ0v) is 11.3. The maximum absolute atomic E-state index is 13.4. The van der Waals surface area contributed by atoms with E-state index in [1.165, 1.54) is 18.2 Å². The van der Waals surface area contributed by atoms with Gasteiger partial charge in [-0.25, -0.2) is 8.78 Å². The molecule has 0 fully saturated rings. The molecule has 2 nitrogen and oxygen atoms in total. The topological polar surface area (TPSA) is 35.2 Å². The molecule has 0 aliphatic carbocycles. The van der Waals surface area contributed by atoms with Crippen LogP contribution in [0.1, 0.15) is 30.5 Å². The molecule has 0 unspecified atom stereocenters. The number of nitrogens with two attached hydrogens (primary N) is 1. The molecule has 0 amide bonds. The molecule has 0 saturated heterocycles. The molecule has 0 heterocycles. The van der Waals surface area contributed by atoms with Crippen LogP contribution in [0.4, 0.5) is 8.78 Å². The second-order valence-electron chi connectivity index (χ2n) is 4.57. The van der Waals surface area contributed by atoms with Crippen molar-refractivity contribution < 1.29 is 13.5 Å². The van der Waals surface area contributed by atoms with Crippen LogP contribution in [0, 0.1) is 11.6 Å². The van der Waals surface area contributed by atoms with E-state index < -0.39 is 11.6 Å². The van der Waals surface area contributed by atoms with Gasteiger partial charge < -0.3 is 10.5 Å². The summed E-state index contributed by atoms with van der Waals surface area (Å²) in [4.78, 5) is 0. The third-order valence-electron chi connectivity index (χ3n) is 3.19. The van der Waals surface area contributed by atoms with Crippen LogP contribution < -0.4 is 10.5 Å². The summed E-state index contributed by atoms with van der Waals surface area (Å²) in [5.74, 6) is -0.649. The maximum atomic E-state index is 13.4. The fraction of sp³-hybridized carbons (Fsp3) is 0.250. The minimum absolute atomic E-state index is 0.00642. The lowest BCUT2D eigenvalue weighted by molar-refractivity contribution is 0.292. The van der Waals surface area contributed by atoms with Gasteiger partial charge in [-0.2, -0.15) is 0 Å². The molecule has 1 atom stereocenters. The van der Waals surface area contributed by atoms with Crippen molar-refractivity contribution in [2.24, 2.45) is 5.73 Å². The lowest BCUT2D eigenvalue weighted by Crippen LogP contribution is -2.08. The zero-order chi connectivity index (χ0) is 14.5. The Morgan fingerprint density at radius 1 is 1.05 bits per heavy atom. The highest BCUT2D eigenvalue weighted by atomic mass is 19.1. The molecular formula is C16H17F2NO. The average molecular weight is 277 g/mol. The van der Waals surface area contributed by atoms with Crippen LogP contribution in [0.15, 0.2) is 42.5 Å². The smallest absolute Gasteiger partial charge is 0.132 e. The van der Waals surface area contributed by atoms with E-state index in [1.807, 2.05) is 19.1 Å². The predicted molar refractivity (Wildman–Crippen MR) is 74.4 cm³/mol. The van der Waals surface area contributed by atoms with E-state index in [9.17, 15) is 8.78 Å². The Morgan fingerprint density at radius 2 is 1.65 bits per heavy atom. The summed E-state index contributed by atoms with van der Waals surface area (Å²) in [6.45, 7) is 1.87. The van der Waals surface area contributed by atoms with Gasteiger partial charge in [0.25, 0.3) is 0 Å². The summed E-state index contributed by atoms with van der Waals surface area (Å²) >= 11 is 0. The fourth-order valence-corrected chi connectivity index (χ4v) is 1.87. The van der Waals surface area contributed by atoms with Crippen molar-refractivity contribution in [1.29, 1.82) is 0 Å². The van der Waals surface area contributed by atoms with Crippen LogP contribution in [-0.2, 0) is 6.61 Å². The summed E-state index contributed by atoms with van der Waals surface area (Å²) in [7, 11) is 0. The summed E-state index contributed by atoms with van der Waals surface area (Å²) in [5.41, 5.74) is 6.85. The van der Waals surface area contributed by atoms with Gasteiger partial charge in [0.05, 0.1) is 5.56 Å². The van der Waals surface area contributed by atoms with Gasteiger partial charge in [-0.1, -0.05) is 25.1 Å². The van der Waals surface area contributed by atoms with Gasteiger partial charge in [0.15, 0.2) is 0 Å². The molecule has 0 aliphatic rings. The Hall–Kier alpha value is -1.94. The third kappa shape index (κ3) is 3.33. The van der Waals surface area contributed by atoms with Crippen LogP contribution >= 0.6 is 0 Å². The van der Waals surface area contributed by atoms with Crippen LogP contribution in [0.3, 0.4) is 0 Å². The molecule has 2 aromatic rings. The molecule has 2 aromatic carbocycles. The van der Waals surface area contributed by atoms with Crippen molar-refractivity contribution >= 4 is 0 Å². The molecule has 0 bridgehead atoms. The molecule has 0 aromatic heterocycles. The number of benzene rings is 2. The zero-order valence-electron chi connectivity index (χ0n) is 11.3. The van der Waals surface area contributed by atoms with Crippen molar-refractivity contribution in [3.05, 3.63) is 65.2 Å². The fourth-order valence-electron chi connectivity index (χ4n) is 1.87. The lowest BCUT2D eigenvalue weighted by atomic mass is 10.1. The van der Waals surface area contributed by atoms with E-state index in [2.05, 4.69) is 0 Å². The lowest BCUT2D eigenvalue weighted by Gasteiger charge is -2.11. The van der Waals surface area contributed by atoms with E-state index in [-0.39, 0.29) is 18.2 Å². The molecule has 2 N–H and O–H groups in total. The summed E-state index contributed by atoms with van der Waals surface area (Å²) in [6.07, 6.45) is 0.848. The number of hydrogen-bond donors (Lipinski definition) is 1. The minimum atomic E-state index is -0.602. The number of rotatable bonds is 5. The third-order valence-corrected chi connectivity index (χ3v) is 3.19. The van der Waals surface area contributed by atoms with Gasteiger partial charge in [-0.3, -0.25) is 0 Å². The molecule has 4 heteroatoms. The van der Waals surface area contributed by atoms with Gasteiger partial charge in [-0.15, -0.1) is 0 Å². The van der Waals surface area contributed by atoms with E-state index in [1.54, 1.807) is 12.1 Å². The van der Waals surface area contributed by atoms with Crippen molar-refractivity contribution in [1.82, 2.24) is 0 Å². The monoisotopic (exact) mass is 277 g/mol. The van der Waals surface area contributed by atoms with Gasteiger partial charge in [0, 0.05) is 6.04 Å². The second kappa shape index (κ2) is 6.48. The Balaban J connectivity index is 2.04. The number of hydrogen-bond acceptors (Lipinski definition) is 2. The first kappa shape index (κ1) is 14.5. The highest BCUT2D eigenvalue weighted by Gasteiger charge is 2.09. The second-order valence-corrected chi connectivity index (χ2v) is 4.57. The van der Waals surface area contributed by atoms with Crippen LogP contribution in [-0.4, -0.2) is 0 Å². The average Bonchev–Trinajstić information content (AvgIpc) is 2.46. The molecule has 106 valence electrons. The summed E-state index contributed by atoms with van der Waals surface area (Å²) in [6, 6.07) is 11.0. The summed E-state index contributed by atoms with van der Waals surface area (Å²) < 4.78 is 32.3.